The van der Waals surface area contributed by atoms with Crippen molar-refractivity contribution in [1.82, 2.24) is 15.6 Å². The summed E-state index contributed by atoms with van der Waals surface area (Å²) in [7, 11) is 0. The van der Waals surface area contributed by atoms with E-state index in [1.54, 1.807) is 0 Å². The lowest BCUT2D eigenvalue weighted by Crippen LogP contribution is -2.48. The van der Waals surface area contributed by atoms with Gasteiger partial charge in [-0.25, -0.2) is 0 Å². The zero-order valence-corrected chi connectivity index (χ0v) is 13.0. The molecule has 1 atom stereocenters. The molecule has 0 radical (unpaired) electrons. The lowest BCUT2D eigenvalue weighted by Gasteiger charge is -2.18. The van der Waals surface area contributed by atoms with Gasteiger partial charge in [0.15, 0.2) is 0 Å². The first kappa shape index (κ1) is 14.0. The second-order valence-electron chi connectivity index (χ2n) is 6.27. The van der Waals surface area contributed by atoms with Crippen LogP contribution in [0.1, 0.15) is 18.4 Å². The third-order valence-corrected chi connectivity index (χ3v) is 4.45. The molecule has 116 valence electrons. The Hall–Kier alpha value is -2.62. The van der Waals surface area contributed by atoms with Crippen LogP contribution in [-0.2, 0) is 4.79 Å². The Morgan fingerprint density at radius 2 is 2.13 bits per heavy atom. The second-order valence-corrected chi connectivity index (χ2v) is 6.27. The summed E-state index contributed by atoms with van der Waals surface area (Å²) in [6, 6.07) is 8.39. The van der Waals surface area contributed by atoms with E-state index in [1.807, 2.05) is 24.7 Å². The van der Waals surface area contributed by atoms with Gasteiger partial charge in [-0.15, -0.1) is 0 Å². The van der Waals surface area contributed by atoms with Gasteiger partial charge in [0.25, 0.3) is 0 Å². The highest BCUT2D eigenvalue weighted by Gasteiger charge is 2.30. The largest absolute Gasteiger partial charge is 0.368 e. The van der Waals surface area contributed by atoms with E-state index in [9.17, 15) is 4.79 Å². The summed E-state index contributed by atoms with van der Waals surface area (Å²) in [5, 5.41) is 8.55. The SMILES string of the molecule is Cc1ccncc1-c1ccc2c(c1)=CNC(NC(=O)C1CC1)C=2. The van der Waals surface area contributed by atoms with Crippen molar-refractivity contribution >= 4 is 18.2 Å². The van der Waals surface area contributed by atoms with Crippen LogP contribution in [0.5, 0.6) is 0 Å². The van der Waals surface area contributed by atoms with Gasteiger partial charge in [-0.05, 0) is 59.5 Å². The minimum absolute atomic E-state index is 0.124. The molecule has 4 rings (SSSR count). The van der Waals surface area contributed by atoms with Gasteiger partial charge in [-0.2, -0.15) is 0 Å². The molecule has 1 aliphatic carbocycles. The molecule has 0 saturated heterocycles. The highest BCUT2D eigenvalue weighted by atomic mass is 16.2. The molecule has 2 aliphatic rings. The van der Waals surface area contributed by atoms with Crippen LogP contribution >= 0.6 is 0 Å². The fourth-order valence-electron chi connectivity index (χ4n) is 2.89. The minimum Gasteiger partial charge on any atom is -0.368 e. The number of benzene rings is 1. The van der Waals surface area contributed by atoms with E-state index >= 15 is 0 Å². The van der Waals surface area contributed by atoms with Gasteiger partial charge in [0.2, 0.25) is 5.91 Å². The maximum absolute atomic E-state index is 11.9. The van der Waals surface area contributed by atoms with Gasteiger partial charge < -0.3 is 10.6 Å². The van der Waals surface area contributed by atoms with E-state index in [1.165, 1.54) is 5.56 Å². The Kier molecular flexibility index (Phi) is 3.37. The molecule has 2 aromatic rings. The Morgan fingerprint density at radius 1 is 1.26 bits per heavy atom. The molecule has 0 bridgehead atoms. The van der Waals surface area contributed by atoms with Gasteiger partial charge >= 0.3 is 0 Å². The maximum Gasteiger partial charge on any atom is 0.224 e. The number of fused-ring (bicyclic) bond motifs is 1. The highest BCUT2D eigenvalue weighted by molar-refractivity contribution is 5.82. The Labute approximate surface area is 134 Å². The van der Waals surface area contributed by atoms with Crippen molar-refractivity contribution in [3.8, 4) is 11.1 Å². The van der Waals surface area contributed by atoms with Crippen molar-refractivity contribution in [2.45, 2.75) is 25.9 Å². The van der Waals surface area contributed by atoms with Crippen LogP contribution in [0.4, 0.5) is 0 Å². The first-order valence-corrected chi connectivity index (χ1v) is 8.00. The normalized spacial score (nSPS) is 18.9. The molecule has 1 unspecified atom stereocenters. The molecule has 1 fully saturated rings. The lowest BCUT2D eigenvalue weighted by molar-refractivity contribution is -0.122. The fourth-order valence-corrected chi connectivity index (χ4v) is 2.89. The third kappa shape index (κ3) is 2.84. The molecule has 23 heavy (non-hydrogen) atoms. The lowest BCUT2D eigenvalue weighted by atomic mass is 10.0. The van der Waals surface area contributed by atoms with Gasteiger partial charge in [0.05, 0.1) is 0 Å². The molecule has 1 aliphatic heterocycles. The molecule has 2 N–H and O–H groups in total. The quantitative estimate of drug-likeness (QED) is 0.890. The first-order valence-electron chi connectivity index (χ1n) is 8.00. The summed E-state index contributed by atoms with van der Waals surface area (Å²) in [6.45, 7) is 2.09. The predicted octanol–water partition coefficient (Wildman–Crippen LogP) is 1.03. The van der Waals surface area contributed by atoms with Crippen molar-refractivity contribution in [3.63, 3.8) is 0 Å². The number of carbonyl (C=O) groups is 1. The topological polar surface area (TPSA) is 54.0 Å². The van der Waals surface area contributed by atoms with E-state index in [-0.39, 0.29) is 18.0 Å². The number of hydrogen-bond acceptors (Lipinski definition) is 3. The van der Waals surface area contributed by atoms with Gasteiger partial charge in [-0.3, -0.25) is 9.78 Å². The third-order valence-electron chi connectivity index (χ3n) is 4.45. The second kappa shape index (κ2) is 5.54. The Morgan fingerprint density at radius 3 is 2.91 bits per heavy atom. The molecule has 1 saturated carbocycles. The van der Waals surface area contributed by atoms with Crippen LogP contribution in [0.2, 0.25) is 0 Å². The van der Waals surface area contributed by atoms with Gasteiger partial charge in [0.1, 0.15) is 6.17 Å². The van der Waals surface area contributed by atoms with E-state index in [4.69, 9.17) is 0 Å². The summed E-state index contributed by atoms with van der Waals surface area (Å²) in [4.78, 5) is 16.1. The molecule has 4 heteroatoms. The molecule has 2 heterocycles. The molecular weight excluding hydrogens is 286 g/mol. The van der Waals surface area contributed by atoms with Crippen molar-refractivity contribution < 1.29 is 4.79 Å². The number of pyridine rings is 1. The van der Waals surface area contributed by atoms with Crippen LogP contribution in [0.25, 0.3) is 23.4 Å². The van der Waals surface area contributed by atoms with Crippen molar-refractivity contribution in [2.75, 3.05) is 0 Å². The van der Waals surface area contributed by atoms with E-state index in [2.05, 4.69) is 46.8 Å². The van der Waals surface area contributed by atoms with Crippen LogP contribution in [0, 0.1) is 12.8 Å². The Bertz CT molecular complexity index is 884. The number of hydrogen-bond donors (Lipinski definition) is 2. The number of aromatic nitrogens is 1. The summed E-state index contributed by atoms with van der Waals surface area (Å²) < 4.78 is 0. The van der Waals surface area contributed by atoms with Crippen molar-refractivity contribution in [2.24, 2.45) is 5.92 Å². The first-order chi connectivity index (χ1) is 11.2. The number of rotatable bonds is 3. The summed E-state index contributed by atoms with van der Waals surface area (Å²) >= 11 is 0. The zero-order chi connectivity index (χ0) is 15.8. The maximum atomic E-state index is 11.9. The molecule has 1 amide bonds. The minimum atomic E-state index is -0.124. The molecule has 0 spiro atoms. The van der Waals surface area contributed by atoms with Crippen molar-refractivity contribution in [1.29, 1.82) is 0 Å². The monoisotopic (exact) mass is 305 g/mol. The fraction of sp³-hybridized carbons (Fsp3) is 0.263. The molecule has 1 aromatic heterocycles. The molecular formula is C19H19N3O. The standard InChI is InChI=1S/C19H19N3O/c1-12-6-7-20-11-17(12)15-5-4-14-9-18(21-10-16(14)8-15)22-19(23)13-2-3-13/h4-11,13,18,21H,2-3H2,1H3,(H,22,23). The van der Waals surface area contributed by atoms with E-state index < -0.39 is 0 Å². The zero-order valence-electron chi connectivity index (χ0n) is 13.0. The molecule has 4 nitrogen and oxygen atoms in total. The smallest absolute Gasteiger partial charge is 0.224 e. The van der Waals surface area contributed by atoms with Crippen LogP contribution < -0.4 is 21.1 Å². The average molecular weight is 305 g/mol. The number of nitrogens with zero attached hydrogens (tertiary/aromatic N) is 1. The highest BCUT2D eigenvalue weighted by Crippen LogP contribution is 2.28. The van der Waals surface area contributed by atoms with Crippen molar-refractivity contribution in [3.05, 3.63) is 52.7 Å². The van der Waals surface area contributed by atoms with Crippen LogP contribution in [0.15, 0.2) is 36.7 Å². The number of aryl methyl sites for hydroxylation is 1. The summed E-state index contributed by atoms with van der Waals surface area (Å²) in [6.07, 6.45) is 9.67. The predicted molar refractivity (Wildman–Crippen MR) is 90.4 cm³/mol. The van der Waals surface area contributed by atoms with Crippen LogP contribution in [0.3, 0.4) is 0 Å². The number of nitrogens with one attached hydrogen (secondary N) is 2. The molecule has 1 aromatic carbocycles. The average Bonchev–Trinajstić information content (AvgIpc) is 3.40. The van der Waals surface area contributed by atoms with Gasteiger partial charge in [-0.1, -0.05) is 12.1 Å². The summed E-state index contributed by atoms with van der Waals surface area (Å²) in [5.74, 6) is 0.376. The van der Waals surface area contributed by atoms with Crippen LogP contribution in [-0.4, -0.2) is 17.1 Å². The Balaban J connectivity index is 1.63. The van der Waals surface area contributed by atoms with Gasteiger partial charge in [0, 0.05) is 30.1 Å². The number of amides is 1. The summed E-state index contributed by atoms with van der Waals surface area (Å²) in [5.41, 5.74) is 3.51. The van der Waals surface area contributed by atoms with E-state index in [0.717, 1.165) is 34.4 Å². The van der Waals surface area contributed by atoms with E-state index in [0.29, 0.717) is 0 Å². The number of carbonyl (C=O) groups excluding carboxylic acids is 1.